The van der Waals surface area contributed by atoms with Gasteiger partial charge in [0.25, 0.3) is 0 Å². The number of hydrogen-bond donors (Lipinski definition) is 0. The molecule has 16 heavy (non-hydrogen) atoms. The Bertz CT molecular complexity index is 502. The maximum absolute atomic E-state index is 6.05. The van der Waals surface area contributed by atoms with Gasteiger partial charge in [0.2, 0.25) is 0 Å². The number of halogens is 3. The molecule has 0 N–H and O–H groups in total. The summed E-state index contributed by atoms with van der Waals surface area (Å²) < 4.78 is 0. The van der Waals surface area contributed by atoms with Gasteiger partial charge in [-0.3, -0.25) is 0 Å². The Kier molecular flexibility index (Phi) is 3.92. The highest BCUT2D eigenvalue weighted by atomic mass is 35.5. The zero-order chi connectivity index (χ0) is 11.5. The summed E-state index contributed by atoms with van der Waals surface area (Å²) >= 11 is 19.0. The molecule has 0 fully saturated rings. The van der Waals surface area contributed by atoms with E-state index in [1.54, 1.807) is 12.3 Å². The molecule has 2 aromatic rings. The normalized spacial score (nSPS) is 10.4. The van der Waals surface area contributed by atoms with Crippen LogP contribution in [-0.4, -0.2) is 9.97 Å². The summed E-state index contributed by atoms with van der Waals surface area (Å²) in [4.78, 5) is 8.88. The van der Waals surface area contributed by atoms with Gasteiger partial charge in [-0.05, 0) is 12.1 Å². The first kappa shape index (κ1) is 12.0. The number of nitrogens with zero attached hydrogens (tertiary/aromatic N) is 2. The molecular weight excluding hydrogens is 287 g/mol. The summed E-state index contributed by atoms with van der Waals surface area (Å²) in [5.41, 5.74) is 0. The minimum absolute atomic E-state index is 0.363. The second kappa shape index (κ2) is 5.23. The van der Waals surface area contributed by atoms with Crippen molar-refractivity contribution in [1.29, 1.82) is 0 Å². The van der Waals surface area contributed by atoms with Crippen LogP contribution < -0.4 is 0 Å². The first-order valence-electron chi connectivity index (χ1n) is 4.26. The molecule has 0 atom stereocenters. The van der Waals surface area contributed by atoms with Crippen LogP contribution in [-0.2, 0) is 0 Å². The highest BCUT2D eigenvalue weighted by Gasteiger charge is 2.06. The van der Waals surface area contributed by atoms with Crippen LogP contribution in [0.5, 0.6) is 0 Å². The van der Waals surface area contributed by atoms with Gasteiger partial charge >= 0.3 is 0 Å². The average Bonchev–Trinajstić information content (AvgIpc) is 2.28. The molecule has 0 aliphatic rings. The van der Waals surface area contributed by atoms with Gasteiger partial charge in [0.05, 0.1) is 22.4 Å². The first-order chi connectivity index (χ1) is 7.66. The molecule has 0 unspecified atom stereocenters. The van der Waals surface area contributed by atoms with Crippen molar-refractivity contribution in [1.82, 2.24) is 9.97 Å². The molecule has 82 valence electrons. The van der Waals surface area contributed by atoms with E-state index >= 15 is 0 Å². The van der Waals surface area contributed by atoms with Crippen LogP contribution in [0.4, 0.5) is 0 Å². The molecule has 2 nitrogen and oxygen atoms in total. The Morgan fingerprint density at radius 1 is 1.00 bits per heavy atom. The summed E-state index contributed by atoms with van der Waals surface area (Å²) in [5.74, 6) is 0. The van der Waals surface area contributed by atoms with E-state index in [9.17, 15) is 0 Å². The number of aromatic nitrogens is 2. The molecule has 0 radical (unpaired) electrons. The molecule has 0 amide bonds. The number of rotatable bonds is 2. The van der Waals surface area contributed by atoms with Crippen LogP contribution in [0.1, 0.15) is 0 Å². The first-order valence-corrected chi connectivity index (χ1v) is 6.21. The third-order valence-corrected chi connectivity index (χ3v) is 3.83. The molecule has 0 aliphatic carbocycles. The summed E-state index contributed by atoms with van der Waals surface area (Å²) in [6.07, 6.45) is 3.08. The van der Waals surface area contributed by atoms with E-state index in [0.717, 1.165) is 4.90 Å². The monoisotopic (exact) mass is 290 g/mol. The van der Waals surface area contributed by atoms with E-state index in [1.807, 2.05) is 12.1 Å². The lowest BCUT2D eigenvalue weighted by atomic mass is 10.4. The van der Waals surface area contributed by atoms with Gasteiger partial charge in [0, 0.05) is 4.90 Å². The summed E-state index contributed by atoms with van der Waals surface area (Å²) in [6, 6.07) is 5.44. The number of hydrogen-bond acceptors (Lipinski definition) is 3. The van der Waals surface area contributed by atoms with Crippen molar-refractivity contribution >= 4 is 46.6 Å². The Labute approximate surface area is 112 Å². The fourth-order valence-electron chi connectivity index (χ4n) is 1.03. The molecule has 2 rings (SSSR count). The van der Waals surface area contributed by atoms with Crippen LogP contribution >= 0.6 is 46.6 Å². The average molecular weight is 292 g/mol. The number of benzene rings is 1. The maximum atomic E-state index is 6.05. The molecule has 0 saturated heterocycles. The fourth-order valence-corrected chi connectivity index (χ4v) is 2.38. The molecule has 1 aromatic heterocycles. The van der Waals surface area contributed by atoms with Crippen molar-refractivity contribution in [3.05, 3.63) is 45.8 Å². The Balaban J connectivity index is 2.27. The van der Waals surface area contributed by atoms with Crippen molar-refractivity contribution in [2.75, 3.05) is 0 Å². The van der Waals surface area contributed by atoms with E-state index in [4.69, 9.17) is 34.8 Å². The van der Waals surface area contributed by atoms with Crippen LogP contribution in [0.2, 0.25) is 15.2 Å². The van der Waals surface area contributed by atoms with Gasteiger partial charge in [0.15, 0.2) is 0 Å². The predicted molar refractivity (Wildman–Crippen MR) is 67.6 cm³/mol. The van der Waals surface area contributed by atoms with Gasteiger partial charge in [-0.25, -0.2) is 9.97 Å². The summed E-state index contributed by atoms with van der Waals surface area (Å²) in [6.45, 7) is 0. The van der Waals surface area contributed by atoms with Crippen LogP contribution in [0, 0.1) is 0 Å². The minimum atomic E-state index is 0.363. The topological polar surface area (TPSA) is 25.8 Å². The van der Waals surface area contributed by atoms with Gasteiger partial charge < -0.3 is 0 Å². The molecule has 6 heteroatoms. The second-order valence-corrected chi connectivity index (χ2v) is 5.07. The molecule has 1 aromatic carbocycles. The van der Waals surface area contributed by atoms with Gasteiger partial charge in [-0.2, -0.15) is 0 Å². The van der Waals surface area contributed by atoms with Gasteiger partial charge in [-0.15, -0.1) is 0 Å². The van der Waals surface area contributed by atoms with Crippen molar-refractivity contribution in [2.24, 2.45) is 0 Å². The SMILES string of the molecule is Clc1cnc(Sc2cccc(Cl)c2Cl)cn1. The van der Waals surface area contributed by atoms with Crippen LogP contribution in [0.3, 0.4) is 0 Å². The Morgan fingerprint density at radius 3 is 2.50 bits per heavy atom. The zero-order valence-corrected chi connectivity index (χ0v) is 10.9. The van der Waals surface area contributed by atoms with E-state index in [0.29, 0.717) is 20.2 Å². The molecule has 0 bridgehead atoms. The largest absolute Gasteiger partial charge is 0.245 e. The van der Waals surface area contributed by atoms with Crippen LogP contribution in [0.25, 0.3) is 0 Å². The van der Waals surface area contributed by atoms with Crippen molar-refractivity contribution < 1.29 is 0 Å². The summed E-state index contributed by atoms with van der Waals surface area (Å²) in [7, 11) is 0. The van der Waals surface area contributed by atoms with Gasteiger partial charge in [0.1, 0.15) is 10.2 Å². The smallest absolute Gasteiger partial charge is 0.147 e. The lowest BCUT2D eigenvalue weighted by Crippen LogP contribution is -1.83. The molecule has 0 saturated carbocycles. The van der Waals surface area contributed by atoms with E-state index < -0.39 is 0 Å². The Morgan fingerprint density at radius 2 is 1.81 bits per heavy atom. The Hall–Kier alpha value is -0.480. The third kappa shape index (κ3) is 2.80. The minimum Gasteiger partial charge on any atom is -0.245 e. The standard InChI is InChI=1S/C10H5Cl3N2S/c11-6-2-1-3-7(10(6)13)16-9-5-14-8(12)4-15-9/h1-5H. The quantitative estimate of drug-likeness (QED) is 0.809. The van der Waals surface area contributed by atoms with Crippen molar-refractivity contribution in [3.8, 4) is 0 Å². The molecular formula is C10H5Cl3N2S. The highest BCUT2D eigenvalue weighted by molar-refractivity contribution is 7.99. The zero-order valence-electron chi connectivity index (χ0n) is 7.82. The van der Waals surface area contributed by atoms with Crippen LogP contribution in [0.15, 0.2) is 40.5 Å². The maximum Gasteiger partial charge on any atom is 0.147 e. The van der Waals surface area contributed by atoms with E-state index in [-0.39, 0.29) is 0 Å². The van der Waals surface area contributed by atoms with E-state index in [2.05, 4.69) is 9.97 Å². The lowest BCUT2D eigenvalue weighted by molar-refractivity contribution is 1.06. The fraction of sp³-hybridized carbons (Fsp3) is 0. The molecule has 0 spiro atoms. The molecule has 0 aliphatic heterocycles. The van der Waals surface area contributed by atoms with Gasteiger partial charge in [-0.1, -0.05) is 52.6 Å². The summed E-state index contributed by atoms with van der Waals surface area (Å²) in [5, 5.41) is 2.12. The highest BCUT2D eigenvalue weighted by Crippen LogP contribution is 2.35. The van der Waals surface area contributed by atoms with E-state index in [1.165, 1.54) is 18.0 Å². The predicted octanol–water partition coefficient (Wildman–Crippen LogP) is 4.59. The lowest BCUT2D eigenvalue weighted by Gasteiger charge is -2.04. The second-order valence-electron chi connectivity index (χ2n) is 2.83. The third-order valence-electron chi connectivity index (χ3n) is 1.73. The van der Waals surface area contributed by atoms with Crippen molar-refractivity contribution in [2.45, 2.75) is 9.92 Å². The molecule has 1 heterocycles. The van der Waals surface area contributed by atoms with Crippen molar-refractivity contribution in [3.63, 3.8) is 0 Å².